The van der Waals surface area contributed by atoms with E-state index in [-0.39, 0.29) is 0 Å². The van der Waals surface area contributed by atoms with E-state index in [2.05, 4.69) is 4.74 Å². The lowest BCUT2D eigenvalue weighted by Gasteiger charge is -2.26. The molecule has 1 aromatic carbocycles. The van der Waals surface area contributed by atoms with Gasteiger partial charge in [-0.1, -0.05) is 0 Å². The Balaban J connectivity index is 3.45. The maximum absolute atomic E-state index is 13.8. The van der Waals surface area contributed by atoms with Crippen LogP contribution in [0.4, 0.5) is 22.0 Å². The third kappa shape index (κ3) is 4.04. The van der Waals surface area contributed by atoms with Gasteiger partial charge >= 0.3 is 5.97 Å². The maximum atomic E-state index is 13.8. The molecule has 1 atom stereocenters. The third-order valence-electron chi connectivity index (χ3n) is 2.64. The molecule has 0 unspecified atom stereocenters. The Kier molecular flexibility index (Phi) is 5.69. The Morgan fingerprint density at radius 2 is 1.36 bits per heavy atom. The highest BCUT2D eigenvalue weighted by atomic mass is 28.4. The molecule has 0 aromatic heterocycles. The molecule has 0 spiro atoms. The highest BCUT2D eigenvalue weighted by Gasteiger charge is 2.34. The van der Waals surface area contributed by atoms with E-state index in [1.165, 1.54) is 0 Å². The van der Waals surface area contributed by atoms with Crippen molar-refractivity contribution in [3.05, 3.63) is 34.6 Å². The van der Waals surface area contributed by atoms with Gasteiger partial charge in [0, 0.05) is 0 Å². The Hall–Kier alpha value is -1.48. The van der Waals surface area contributed by atoms with E-state index in [9.17, 15) is 26.7 Å². The fraction of sp³-hybridized carbons (Fsp3) is 0.462. The summed E-state index contributed by atoms with van der Waals surface area (Å²) in [7, 11) is -1.42. The first-order valence-electron chi connectivity index (χ1n) is 6.25. The lowest BCUT2D eigenvalue weighted by Crippen LogP contribution is -2.30. The number of rotatable bonds is 5. The average Bonchev–Trinajstić information content (AvgIpc) is 2.41. The first-order chi connectivity index (χ1) is 9.99. The zero-order chi connectivity index (χ0) is 17.2. The number of carbonyl (C=O) groups is 1. The van der Waals surface area contributed by atoms with E-state index in [1.807, 2.05) is 0 Å². The average molecular weight is 342 g/mol. The zero-order valence-corrected chi connectivity index (χ0v) is 13.4. The van der Waals surface area contributed by atoms with Crippen LogP contribution in [-0.4, -0.2) is 21.4 Å². The predicted molar refractivity (Wildman–Crippen MR) is 70.0 cm³/mol. The van der Waals surface area contributed by atoms with Crippen LogP contribution in [0.1, 0.15) is 18.1 Å². The van der Waals surface area contributed by atoms with Gasteiger partial charge in [0.1, 0.15) is 0 Å². The van der Waals surface area contributed by atoms with E-state index in [1.54, 1.807) is 19.6 Å². The van der Waals surface area contributed by atoms with Gasteiger partial charge in [-0.25, -0.2) is 22.0 Å². The first kappa shape index (κ1) is 18.6. The number of halogens is 5. The second-order valence-corrected chi connectivity index (χ2v) is 9.94. The molecule has 124 valence electrons. The Morgan fingerprint density at radius 3 is 1.73 bits per heavy atom. The summed E-state index contributed by atoms with van der Waals surface area (Å²) in [6, 6.07) is 0. The predicted octanol–water partition coefficient (Wildman–Crippen LogP) is 3.84. The van der Waals surface area contributed by atoms with Gasteiger partial charge in [-0.15, -0.1) is 0 Å². The molecule has 22 heavy (non-hydrogen) atoms. The van der Waals surface area contributed by atoms with Crippen molar-refractivity contribution in [1.82, 2.24) is 0 Å². The zero-order valence-electron chi connectivity index (χ0n) is 12.4. The summed E-state index contributed by atoms with van der Waals surface area (Å²) in [4.78, 5) is 11.3. The quantitative estimate of drug-likeness (QED) is 0.268. The van der Waals surface area contributed by atoms with Gasteiger partial charge in [-0.05, 0) is 19.6 Å². The van der Waals surface area contributed by atoms with E-state index < -0.39 is 61.5 Å². The van der Waals surface area contributed by atoms with Crippen molar-refractivity contribution in [2.45, 2.75) is 32.2 Å². The smallest absolute Gasteiger partial charge is 0.308 e. The normalized spacial score (nSPS) is 13.1. The molecule has 0 radical (unpaired) electrons. The number of esters is 1. The van der Waals surface area contributed by atoms with Crippen LogP contribution in [0.5, 0.6) is 0 Å². The maximum Gasteiger partial charge on any atom is 0.308 e. The van der Waals surface area contributed by atoms with Gasteiger partial charge in [0.15, 0.2) is 31.6 Å². The summed E-state index contributed by atoms with van der Waals surface area (Å²) < 4.78 is 77.1. The molecule has 9 heteroatoms. The number of carbonyl (C=O) groups excluding carboxylic acids is 1. The third-order valence-corrected chi connectivity index (χ3v) is 3.63. The topological polar surface area (TPSA) is 35.5 Å². The summed E-state index contributed by atoms with van der Waals surface area (Å²) in [6.45, 7) is 4.93. The van der Waals surface area contributed by atoms with Gasteiger partial charge in [-0.3, -0.25) is 4.79 Å². The molecule has 0 aliphatic carbocycles. The SMILES string of the molecule is COC(=O)C[C@H](O[Si](C)(C)C)c1c(F)c(F)c(F)c(F)c1F. The minimum absolute atomic E-state index is 0.668. The van der Waals surface area contributed by atoms with Crippen LogP contribution < -0.4 is 0 Å². The molecule has 1 aromatic rings. The van der Waals surface area contributed by atoms with Crippen LogP contribution >= 0.6 is 0 Å². The first-order valence-corrected chi connectivity index (χ1v) is 9.66. The van der Waals surface area contributed by atoms with Crippen LogP contribution in [-0.2, 0) is 14.0 Å². The molecule has 0 fully saturated rings. The van der Waals surface area contributed by atoms with E-state index in [0.717, 1.165) is 7.11 Å². The lowest BCUT2D eigenvalue weighted by atomic mass is 10.0. The second kappa shape index (κ2) is 6.74. The van der Waals surface area contributed by atoms with Gasteiger partial charge in [0.05, 0.1) is 25.2 Å². The summed E-state index contributed by atoms with van der Waals surface area (Å²) >= 11 is 0. The molecule has 0 aliphatic rings. The number of hydrogen-bond acceptors (Lipinski definition) is 3. The van der Waals surface area contributed by atoms with E-state index >= 15 is 0 Å². The summed E-state index contributed by atoms with van der Waals surface area (Å²) in [5, 5.41) is 0. The second-order valence-electron chi connectivity index (χ2n) is 5.48. The van der Waals surface area contributed by atoms with Crippen LogP contribution in [0.25, 0.3) is 0 Å². The van der Waals surface area contributed by atoms with Crippen LogP contribution in [0.2, 0.25) is 19.6 Å². The molecular formula is C13H15F5O3Si. The fourth-order valence-corrected chi connectivity index (χ4v) is 2.82. The van der Waals surface area contributed by atoms with Gasteiger partial charge in [0.2, 0.25) is 5.82 Å². The van der Waals surface area contributed by atoms with Crippen molar-refractivity contribution in [3.63, 3.8) is 0 Å². The standard InChI is InChI=1S/C13H15F5O3Si/c1-20-7(19)5-6(21-22(2,3)4)8-9(14)11(16)13(18)12(17)10(8)15/h6H,5H2,1-4H3/t6-/m0/s1. The molecule has 0 aliphatic heterocycles. The lowest BCUT2D eigenvalue weighted by molar-refractivity contribution is -0.142. The van der Waals surface area contributed by atoms with Crippen molar-refractivity contribution in [3.8, 4) is 0 Å². The molecular weight excluding hydrogens is 327 g/mol. The van der Waals surface area contributed by atoms with E-state index in [0.29, 0.717) is 0 Å². The van der Waals surface area contributed by atoms with Crippen molar-refractivity contribution >= 4 is 14.3 Å². The minimum Gasteiger partial charge on any atom is -0.469 e. The highest BCUT2D eigenvalue weighted by molar-refractivity contribution is 6.69. The number of methoxy groups -OCH3 is 1. The number of ether oxygens (including phenoxy) is 1. The van der Waals surface area contributed by atoms with Gasteiger partial charge in [0.25, 0.3) is 0 Å². The molecule has 0 heterocycles. The van der Waals surface area contributed by atoms with Crippen LogP contribution in [0.15, 0.2) is 0 Å². The molecule has 0 bridgehead atoms. The molecule has 0 saturated heterocycles. The molecule has 1 rings (SSSR count). The Morgan fingerprint density at radius 1 is 0.955 bits per heavy atom. The van der Waals surface area contributed by atoms with Crippen molar-refractivity contribution in [2.24, 2.45) is 0 Å². The monoisotopic (exact) mass is 342 g/mol. The Bertz CT molecular complexity index is 557. The van der Waals surface area contributed by atoms with Gasteiger partial charge in [-0.2, -0.15) is 0 Å². The van der Waals surface area contributed by atoms with E-state index in [4.69, 9.17) is 4.43 Å². The van der Waals surface area contributed by atoms with Crippen molar-refractivity contribution in [2.75, 3.05) is 7.11 Å². The van der Waals surface area contributed by atoms with Gasteiger partial charge < -0.3 is 9.16 Å². The molecule has 0 saturated carbocycles. The molecule has 0 amide bonds. The fourth-order valence-electron chi connectivity index (χ4n) is 1.77. The van der Waals surface area contributed by atoms with Crippen LogP contribution in [0.3, 0.4) is 0 Å². The number of hydrogen-bond donors (Lipinski definition) is 0. The van der Waals surface area contributed by atoms with Crippen molar-refractivity contribution < 1.29 is 35.9 Å². The summed E-state index contributed by atoms with van der Waals surface area (Å²) in [5.74, 6) is -11.3. The minimum atomic E-state index is -2.46. The highest BCUT2D eigenvalue weighted by Crippen LogP contribution is 2.33. The molecule has 3 nitrogen and oxygen atoms in total. The van der Waals surface area contributed by atoms with Crippen molar-refractivity contribution in [1.29, 1.82) is 0 Å². The van der Waals surface area contributed by atoms with Crippen LogP contribution in [0, 0.1) is 29.1 Å². The Labute approximate surface area is 125 Å². The summed E-state index contributed by atoms with van der Waals surface area (Å²) in [6.07, 6.45) is -2.29. The summed E-state index contributed by atoms with van der Waals surface area (Å²) in [5.41, 5.74) is -1.16. The number of benzene rings is 1. The largest absolute Gasteiger partial charge is 0.469 e. The molecule has 0 N–H and O–H groups in total.